The summed E-state index contributed by atoms with van der Waals surface area (Å²) in [7, 11) is 0. The van der Waals surface area contributed by atoms with E-state index in [4.69, 9.17) is 0 Å². The number of hydrogen-bond donors (Lipinski definition) is 0. The number of halogens is 3. The van der Waals surface area contributed by atoms with E-state index in [1.54, 1.807) is 0 Å². The number of amides is 1. The number of likely N-dealkylation sites (N-methyl/N-ethyl adjacent to an activating group) is 1. The molecule has 0 atom stereocenters. The van der Waals surface area contributed by atoms with Crippen LogP contribution < -0.4 is 0 Å². The Morgan fingerprint density at radius 1 is 1.21 bits per heavy atom. The van der Waals surface area contributed by atoms with Gasteiger partial charge in [0.15, 0.2) is 0 Å². The fourth-order valence-electron chi connectivity index (χ4n) is 1.70. The largest absolute Gasteiger partial charge is 0.416 e. The molecule has 5 heteroatoms. The lowest BCUT2D eigenvalue weighted by Gasteiger charge is -2.16. The van der Waals surface area contributed by atoms with Crippen LogP contribution in [0.4, 0.5) is 13.2 Å². The van der Waals surface area contributed by atoms with Crippen molar-refractivity contribution in [3.63, 3.8) is 0 Å². The first-order valence-corrected chi connectivity index (χ1v) is 6.03. The average molecular weight is 271 g/mol. The molecule has 0 N–H and O–H groups in total. The van der Waals surface area contributed by atoms with Gasteiger partial charge in [-0.3, -0.25) is 4.79 Å². The van der Waals surface area contributed by atoms with Gasteiger partial charge >= 0.3 is 6.18 Å². The zero-order valence-electron chi connectivity index (χ0n) is 10.9. The molecule has 0 saturated carbocycles. The number of rotatable bonds is 4. The van der Waals surface area contributed by atoms with Gasteiger partial charge < -0.3 is 4.90 Å². The van der Waals surface area contributed by atoms with E-state index in [1.165, 1.54) is 35.3 Å². The van der Waals surface area contributed by atoms with E-state index in [9.17, 15) is 18.0 Å². The summed E-state index contributed by atoms with van der Waals surface area (Å²) in [5.74, 6) is -0.290. The standard InChI is InChI=1S/C14H16F3NO/c1-3-18(4-2)13(19)10-9-11-7-5-6-8-12(11)14(15,16)17/h5-10H,3-4H2,1-2H3. The molecule has 0 spiro atoms. The summed E-state index contributed by atoms with van der Waals surface area (Å²) in [6.07, 6.45) is -2.03. The Morgan fingerprint density at radius 2 is 1.79 bits per heavy atom. The average Bonchev–Trinajstić information content (AvgIpc) is 2.37. The second-order valence-corrected chi connectivity index (χ2v) is 3.93. The number of benzene rings is 1. The van der Waals surface area contributed by atoms with Crippen molar-refractivity contribution in [2.75, 3.05) is 13.1 Å². The van der Waals surface area contributed by atoms with E-state index in [1.807, 2.05) is 13.8 Å². The molecule has 0 aliphatic rings. The summed E-state index contributed by atoms with van der Waals surface area (Å²) < 4.78 is 38.2. The molecular weight excluding hydrogens is 255 g/mol. The summed E-state index contributed by atoms with van der Waals surface area (Å²) in [4.78, 5) is 13.2. The van der Waals surface area contributed by atoms with Gasteiger partial charge in [-0.05, 0) is 31.6 Å². The Bertz CT molecular complexity index is 462. The molecule has 104 valence electrons. The molecule has 2 nitrogen and oxygen atoms in total. The van der Waals surface area contributed by atoms with Gasteiger partial charge in [0.1, 0.15) is 0 Å². The van der Waals surface area contributed by atoms with Crippen LogP contribution in [-0.2, 0) is 11.0 Å². The first-order valence-electron chi connectivity index (χ1n) is 6.03. The topological polar surface area (TPSA) is 20.3 Å². The van der Waals surface area contributed by atoms with Gasteiger partial charge in [0, 0.05) is 19.2 Å². The van der Waals surface area contributed by atoms with Gasteiger partial charge in [0.25, 0.3) is 0 Å². The van der Waals surface area contributed by atoms with Crippen LogP contribution in [0.1, 0.15) is 25.0 Å². The third-order valence-corrected chi connectivity index (χ3v) is 2.75. The van der Waals surface area contributed by atoms with E-state index < -0.39 is 11.7 Å². The maximum atomic E-state index is 12.7. The van der Waals surface area contributed by atoms with Gasteiger partial charge in [-0.1, -0.05) is 18.2 Å². The van der Waals surface area contributed by atoms with Gasteiger partial charge in [0.05, 0.1) is 5.56 Å². The van der Waals surface area contributed by atoms with Gasteiger partial charge in [-0.15, -0.1) is 0 Å². The van der Waals surface area contributed by atoms with E-state index in [2.05, 4.69) is 0 Å². The number of alkyl halides is 3. The molecule has 0 heterocycles. The molecule has 1 rings (SSSR count). The highest BCUT2D eigenvalue weighted by Gasteiger charge is 2.32. The molecule has 0 saturated heterocycles. The zero-order chi connectivity index (χ0) is 14.5. The van der Waals surface area contributed by atoms with Gasteiger partial charge in [-0.2, -0.15) is 13.2 Å². The first kappa shape index (κ1) is 15.3. The van der Waals surface area contributed by atoms with E-state index >= 15 is 0 Å². The Balaban J connectivity index is 2.97. The van der Waals surface area contributed by atoms with Crippen LogP contribution in [0.5, 0.6) is 0 Å². The summed E-state index contributed by atoms with van der Waals surface area (Å²) in [6.45, 7) is 4.69. The first-order chi connectivity index (χ1) is 8.90. The lowest BCUT2D eigenvalue weighted by Crippen LogP contribution is -2.28. The highest BCUT2D eigenvalue weighted by atomic mass is 19.4. The minimum absolute atomic E-state index is 0.00416. The molecule has 1 amide bonds. The van der Waals surface area contributed by atoms with Crippen LogP contribution in [0.2, 0.25) is 0 Å². The van der Waals surface area contributed by atoms with Crippen molar-refractivity contribution in [2.24, 2.45) is 0 Å². The van der Waals surface area contributed by atoms with Gasteiger partial charge in [0.2, 0.25) is 5.91 Å². The minimum atomic E-state index is -4.42. The molecule has 0 aliphatic carbocycles. The van der Waals surface area contributed by atoms with Crippen molar-refractivity contribution in [1.29, 1.82) is 0 Å². The van der Waals surface area contributed by atoms with Crippen molar-refractivity contribution in [2.45, 2.75) is 20.0 Å². The normalized spacial score (nSPS) is 11.8. The second-order valence-electron chi connectivity index (χ2n) is 3.93. The SMILES string of the molecule is CCN(CC)C(=O)C=Cc1ccccc1C(F)(F)F. The summed E-state index contributed by atoms with van der Waals surface area (Å²) >= 11 is 0. The number of nitrogens with zero attached hydrogens (tertiary/aromatic N) is 1. The molecule has 0 aromatic heterocycles. The molecule has 0 unspecified atom stereocenters. The smallest absolute Gasteiger partial charge is 0.340 e. The number of carbonyl (C=O) groups excluding carboxylic acids is 1. The Morgan fingerprint density at radius 3 is 2.32 bits per heavy atom. The molecule has 19 heavy (non-hydrogen) atoms. The van der Waals surface area contributed by atoms with Crippen molar-refractivity contribution in [3.05, 3.63) is 41.5 Å². The fourth-order valence-corrected chi connectivity index (χ4v) is 1.70. The van der Waals surface area contributed by atoms with E-state index in [0.29, 0.717) is 13.1 Å². The van der Waals surface area contributed by atoms with Crippen LogP contribution in [0.3, 0.4) is 0 Å². The molecule has 1 aromatic rings. The van der Waals surface area contributed by atoms with Crippen LogP contribution in [0.15, 0.2) is 30.3 Å². The van der Waals surface area contributed by atoms with Crippen LogP contribution in [0.25, 0.3) is 6.08 Å². The molecule has 0 fully saturated rings. The number of hydrogen-bond acceptors (Lipinski definition) is 1. The zero-order valence-corrected chi connectivity index (χ0v) is 10.9. The second kappa shape index (κ2) is 6.41. The van der Waals surface area contributed by atoms with Crippen LogP contribution in [0, 0.1) is 0 Å². The Kier molecular flexibility index (Phi) is 5.15. The summed E-state index contributed by atoms with van der Waals surface area (Å²) in [5.41, 5.74) is -0.742. The highest BCUT2D eigenvalue weighted by molar-refractivity contribution is 5.92. The number of carbonyl (C=O) groups is 1. The Labute approximate surface area is 110 Å². The minimum Gasteiger partial charge on any atom is -0.340 e. The van der Waals surface area contributed by atoms with Crippen LogP contribution in [-0.4, -0.2) is 23.9 Å². The fraction of sp³-hybridized carbons (Fsp3) is 0.357. The van der Waals surface area contributed by atoms with Crippen LogP contribution >= 0.6 is 0 Å². The highest BCUT2D eigenvalue weighted by Crippen LogP contribution is 2.32. The predicted octanol–water partition coefficient (Wildman–Crippen LogP) is 3.59. The maximum absolute atomic E-state index is 12.7. The van der Waals surface area contributed by atoms with Crippen molar-refractivity contribution < 1.29 is 18.0 Å². The summed E-state index contributed by atoms with van der Waals surface area (Å²) in [5, 5.41) is 0. The van der Waals surface area contributed by atoms with Crippen molar-refractivity contribution in [1.82, 2.24) is 4.90 Å². The third-order valence-electron chi connectivity index (χ3n) is 2.75. The lowest BCUT2D eigenvalue weighted by atomic mass is 10.1. The molecule has 0 aliphatic heterocycles. The Hall–Kier alpha value is -1.78. The lowest BCUT2D eigenvalue weighted by molar-refractivity contribution is -0.137. The monoisotopic (exact) mass is 271 g/mol. The summed E-state index contributed by atoms with van der Waals surface area (Å²) in [6, 6.07) is 5.18. The van der Waals surface area contributed by atoms with Crippen molar-refractivity contribution >= 4 is 12.0 Å². The van der Waals surface area contributed by atoms with Gasteiger partial charge in [-0.25, -0.2) is 0 Å². The molecular formula is C14H16F3NO. The maximum Gasteiger partial charge on any atom is 0.416 e. The predicted molar refractivity (Wildman–Crippen MR) is 68.4 cm³/mol. The third kappa shape index (κ3) is 4.12. The molecule has 0 bridgehead atoms. The molecule has 1 aromatic carbocycles. The van der Waals surface area contributed by atoms with E-state index in [-0.39, 0.29) is 11.5 Å². The van der Waals surface area contributed by atoms with Crippen molar-refractivity contribution in [3.8, 4) is 0 Å². The molecule has 0 radical (unpaired) electrons. The van der Waals surface area contributed by atoms with E-state index in [0.717, 1.165) is 6.07 Å². The quantitative estimate of drug-likeness (QED) is 0.766.